The summed E-state index contributed by atoms with van der Waals surface area (Å²) in [6.07, 6.45) is 5.83. The number of nitrogens with one attached hydrogen (secondary N) is 2. The summed E-state index contributed by atoms with van der Waals surface area (Å²) in [4.78, 5) is 12.5. The van der Waals surface area contributed by atoms with Gasteiger partial charge >= 0.3 is 0 Å². The smallest absolute Gasteiger partial charge is 0.132 e. The van der Waals surface area contributed by atoms with Crippen LogP contribution in [-0.2, 0) is 0 Å². The molecule has 4 nitrogen and oxygen atoms in total. The Hall–Kier alpha value is -1.91. The van der Waals surface area contributed by atoms with Crippen molar-refractivity contribution in [1.82, 2.24) is 20.3 Å². The summed E-state index contributed by atoms with van der Waals surface area (Å²) in [6.45, 7) is 2.22. The van der Waals surface area contributed by atoms with Gasteiger partial charge in [-0.2, -0.15) is 0 Å². The molecule has 1 aromatic carbocycles. The molecule has 0 amide bonds. The molecule has 5 heteroatoms. The van der Waals surface area contributed by atoms with Crippen LogP contribution in [0.4, 0.5) is 0 Å². The number of H-pyrrole nitrogens is 1. The molecule has 23 heavy (non-hydrogen) atoms. The molecule has 3 unspecified atom stereocenters. The zero-order valence-corrected chi connectivity index (χ0v) is 13.7. The van der Waals surface area contributed by atoms with Gasteiger partial charge in [0.25, 0.3) is 0 Å². The molecule has 3 aromatic rings. The van der Waals surface area contributed by atoms with Crippen LogP contribution in [0.2, 0.25) is 5.02 Å². The van der Waals surface area contributed by atoms with Crippen molar-refractivity contribution in [3.8, 4) is 0 Å². The highest BCUT2D eigenvalue weighted by molar-refractivity contribution is 6.30. The van der Waals surface area contributed by atoms with E-state index in [1.54, 1.807) is 0 Å². The predicted molar refractivity (Wildman–Crippen MR) is 92.7 cm³/mol. The maximum Gasteiger partial charge on any atom is 0.132 e. The van der Waals surface area contributed by atoms with E-state index in [4.69, 9.17) is 16.6 Å². The Morgan fingerprint density at radius 2 is 2.13 bits per heavy atom. The third-order valence-corrected chi connectivity index (χ3v) is 4.81. The molecule has 118 valence electrons. The van der Waals surface area contributed by atoms with Gasteiger partial charge in [0.05, 0.1) is 17.2 Å². The van der Waals surface area contributed by atoms with Crippen LogP contribution in [0.25, 0.3) is 11.0 Å². The molecule has 3 heterocycles. The van der Waals surface area contributed by atoms with E-state index >= 15 is 0 Å². The van der Waals surface area contributed by atoms with E-state index in [0.717, 1.165) is 34.7 Å². The van der Waals surface area contributed by atoms with Crippen molar-refractivity contribution < 1.29 is 0 Å². The first-order valence-electron chi connectivity index (χ1n) is 8.00. The molecule has 3 atom stereocenters. The summed E-state index contributed by atoms with van der Waals surface area (Å²) < 4.78 is 0. The van der Waals surface area contributed by atoms with Gasteiger partial charge in [-0.05, 0) is 43.5 Å². The van der Waals surface area contributed by atoms with Crippen molar-refractivity contribution >= 4 is 22.6 Å². The molecule has 1 aliphatic rings. The number of halogens is 1. The van der Waals surface area contributed by atoms with E-state index in [0.29, 0.717) is 12.0 Å². The first kappa shape index (κ1) is 14.7. The van der Waals surface area contributed by atoms with Crippen molar-refractivity contribution in [1.29, 1.82) is 0 Å². The molecule has 1 fully saturated rings. The fraction of sp³-hybridized carbons (Fsp3) is 0.333. The van der Waals surface area contributed by atoms with Crippen LogP contribution in [0.5, 0.6) is 0 Å². The molecule has 0 spiro atoms. The normalized spacial score (nSPS) is 24.9. The lowest BCUT2D eigenvalue weighted by Crippen LogP contribution is -2.38. The number of hydrogen-bond donors (Lipinski definition) is 2. The van der Waals surface area contributed by atoms with Crippen LogP contribution in [-0.4, -0.2) is 21.0 Å². The monoisotopic (exact) mass is 326 g/mol. The number of piperidine rings is 1. The summed E-state index contributed by atoms with van der Waals surface area (Å²) in [7, 11) is 0. The third-order valence-electron chi connectivity index (χ3n) is 4.58. The molecule has 2 N–H and O–H groups in total. The molecule has 1 aliphatic heterocycles. The Kier molecular flexibility index (Phi) is 3.79. The van der Waals surface area contributed by atoms with Crippen LogP contribution in [0.1, 0.15) is 43.1 Å². The number of nitrogens with zero attached hydrogens (tertiary/aromatic N) is 2. The van der Waals surface area contributed by atoms with Crippen LogP contribution >= 0.6 is 11.6 Å². The quantitative estimate of drug-likeness (QED) is 0.741. The highest BCUT2D eigenvalue weighted by Crippen LogP contribution is 2.35. The minimum Gasteiger partial charge on any atom is -0.359 e. The number of aromatic amines is 1. The fourth-order valence-electron chi connectivity index (χ4n) is 3.51. The molecule has 0 aliphatic carbocycles. The fourth-order valence-corrected chi connectivity index (χ4v) is 3.71. The van der Waals surface area contributed by atoms with Crippen molar-refractivity contribution in [2.75, 3.05) is 0 Å². The molecule has 1 saturated heterocycles. The van der Waals surface area contributed by atoms with E-state index in [2.05, 4.69) is 28.3 Å². The van der Waals surface area contributed by atoms with Gasteiger partial charge in [0.2, 0.25) is 0 Å². The Balaban J connectivity index is 1.63. The maximum absolute atomic E-state index is 6.15. The lowest BCUT2D eigenvalue weighted by atomic mass is 9.85. The van der Waals surface area contributed by atoms with Gasteiger partial charge in [-0.15, -0.1) is 0 Å². The Labute approximate surface area is 140 Å². The van der Waals surface area contributed by atoms with Crippen molar-refractivity contribution in [2.45, 2.75) is 37.8 Å². The first-order valence-corrected chi connectivity index (χ1v) is 8.38. The largest absolute Gasteiger partial charge is 0.359 e. The number of fused-ring (bicyclic) bond motifs is 1. The molecule has 0 radical (unpaired) electrons. The predicted octanol–water partition coefficient (Wildman–Crippen LogP) is 4.21. The molecule has 0 saturated carbocycles. The van der Waals surface area contributed by atoms with E-state index in [9.17, 15) is 0 Å². The second-order valence-electron chi connectivity index (χ2n) is 6.35. The lowest BCUT2D eigenvalue weighted by molar-refractivity contribution is 0.300. The van der Waals surface area contributed by atoms with E-state index in [1.807, 2.05) is 36.7 Å². The SMILES string of the molecule is CC1CC(c2ncc3[nH]ccc3n2)CC(c2cccc(Cl)c2)N1. The van der Waals surface area contributed by atoms with Crippen molar-refractivity contribution in [3.63, 3.8) is 0 Å². The van der Waals surface area contributed by atoms with Crippen LogP contribution in [0.15, 0.2) is 42.7 Å². The minimum atomic E-state index is 0.285. The standard InChI is InChI=1S/C18H19ClN4/c1-11-7-13(18-21-10-17-15(23-18)5-6-20-17)9-16(22-11)12-3-2-4-14(19)8-12/h2-6,8,10-11,13,16,20,22H,7,9H2,1H3. The van der Waals surface area contributed by atoms with E-state index in [-0.39, 0.29) is 6.04 Å². The van der Waals surface area contributed by atoms with E-state index < -0.39 is 0 Å². The number of aromatic nitrogens is 3. The van der Waals surface area contributed by atoms with Crippen molar-refractivity contribution in [2.24, 2.45) is 0 Å². The summed E-state index contributed by atoms with van der Waals surface area (Å²) >= 11 is 6.15. The molecule has 4 rings (SSSR count). The summed E-state index contributed by atoms with van der Waals surface area (Å²) in [5.74, 6) is 1.30. The number of hydrogen-bond acceptors (Lipinski definition) is 3. The zero-order chi connectivity index (χ0) is 15.8. The van der Waals surface area contributed by atoms with Gasteiger partial charge in [-0.25, -0.2) is 9.97 Å². The highest BCUT2D eigenvalue weighted by atomic mass is 35.5. The maximum atomic E-state index is 6.15. The summed E-state index contributed by atoms with van der Waals surface area (Å²) in [6, 6.07) is 10.8. The number of benzene rings is 1. The van der Waals surface area contributed by atoms with Gasteiger partial charge in [-0.3, -0.25) is 0 Å². The second-order valence-corrected chi connectivity index (χ2v) is 6.78. The van der Waals surface area contributed by atoms with Crippen LogP contribution in [0.3, 0.4) is 0 Å². The van der Waals surface area contributed by atoms with Gasteiger partial charge in [0, 0.05) is 29.2 Å². The van der Waals surface area contributed by atoms with Crippen molar-refractivity contribution in [3.05, 3.63) is 59.1 Å². The first-order chi connectivity index (χ1) is 11.2. The highest BCUT2D eigenvalue weighted by Gasteiger charge is 2.29. The van der Waals surface area contributed by atoms with Gasteiger partial charge in [0.15, 0.2) is 0 Å². The Morgan fingerprint density at radius 1 is 1.22 bits per heavy atom. The Morgan fingerprint density at radius 3 is 3.00 bits per heavy atom. The Bertz CT molecular complexity index is 829. The average molecular weight is 327 g/mol. The second kappa shape index (κ2) is 5.95. The molecule has 2 aromatic heterocycles. The summed E-state index contributed by atoms with van der Waals surface area (Å²) in [5.41, 5.74) is 3.21. The number of rotatable bonds is 2. The third kappa shape index (κ3) is 2.96. The van der Waals surface area contributed by atoms with Gasteiger partial charge < -0.3 is 10.3 Å². The average Bonchev–Trinajstić information content (AvgIpc) is 3.02. The van der Waals surface area contributed by atoms with Gasteiger partial charge in [-0.1, -0.05) is 23.7 Å². The van der Waals surface area contributed by atoms with Crippen LogP contribution < -0.4 is 5.32 Å². The lowest BCUT2D eigenvalue weighted by Gasteiger charge is -2.34. The molecular formula is C18H19ClN4. The summed E-state index contributed by atoms with van der Waals surface area (Å²) in [5, 5.41) is 4.45. The topological polar surface area (TPSA) is 53.6 Å². The van der Waals surface area contributed by atoms with Gasteiger partial charge in [0.1, 0.15) is 5.82 Å². The molecule has 0 bridgehead atoms. The van der Waals surface area contributed by atoms with E-state index in [1.165, 1.54) is 5.56 Å². The molecular weight excluding hydrogens is 308 g/mol. The van der Waals surface area contributed by atoms with Crippen LogP contribution in [0, 0.1) is 0 Å². The zero-order valence-electron chi connectivity index (χ0n) is 13.0. The minimum absolute atomic E-state index is 0.285.